The molecule has 65 heavy (non-hydrogen) atoms. The van der Waals surface area contributed by atoms with Crippen molar-refractivity contribution in [2.75, 3.05) is 52.2 Å². The van der Waals surface area contributed by atoms with Crippen LogP contribution in [0.1, 0.15) is 30.5 Å². The van der Waals surface area contributed by atoms with E-state index < -0.39 is 31.2 Å². The summed E-state index contributed by atoms with van der Waals surface area (Å²) in [6.07, 6.45) is -3.40. The minimum atomic E-state index is -5.08. The van der Waals surface area contributed by atoms with Crippen LogP contribution in [0.15, 0.2) is 84.9 Å². The van der Waals surface area contributed by atoms with E-state index in [1.807, 2.05) is 48.5 Å². The number of aromatic carboxylic acids is 2. The number of thiophene rings is 2. The van der Waals surface area contributed by atoms with Crippen LogP contribution in [0.25, 0.3) is 10.6 Å². The number of carboxylic acid groups (broad SMARTS) is 3. The van der Waals surface area contributed by atoms with Crippen LogP contribution in [0.5, 0.6) is 23.5 Å². The first-order chi connectivity index (χ1) is 30.8. The number of halogens is 4. The number of ether oxygens (including phenoxy) is 4. The molecule has 6 rings (SSSR count). The molecule has 346 valence electrons. The summed E-state index contributed by atoms with van der Waals surface area (Å²) in [6.45, 7) is 1.42. The van der Waals surface area contributed by atoms with Crippen molar-refractivity contribution in [1.29, 1.82) is 0 Å². The SMILES string of the molecule is COc1ccc(CCNc2cc(-c3ccc(C(=O)O)s3)nc(OC)n2)cc1.COc1ccc(CCNc2cc(Cl)nc(OC)n2)cc1.O=C(O)C(F)(F)F.O=C(O)c1ccc(B(O)O)s1. The third-order valence-electron chi connectivity index (χ3n) is 7.91. The van der Waals surface area contributed by atoms with Gasteiger partial charge in [-0.05, 0) is 66.4 Å². The van der Waals surface area contributed by atoms with Crippen LogP contribution in [-0.2, 0) is 17.6 Å². The molecule has 7 N–H and O–H groups in total. The van der Waals surface area contributed by atoms with Crippen LogP contribution in [0, 0.1) is 0 Å². The number of nitrogens with zero attached hydrogens (tertiary/aromatic N) is 4. The molecule has 0 aliphatic carbocycles. The van der Waals surface area contributed by atoms with Crippen molar-refractivity contribution in [3.05, 3.63) is 111 Å². The fourth-order valence-electron chi connectivity index (χ4n) is 4.76. The Kier molecular flexibility index (Phi) is 21.2. The third-order valence-corrected chi connectivity index (χ3v) is 10.3. The number of aromatic nitrogens is 4. The van der Waals surface area contributed by atoms with Crippen LogP contribution in [0.3, 0.4) is 0 Å². The van der Waals surface area contributed by atoms with Gasteiger partial charge in [0.05, 0.1) is 39.0 Å². The van der Waals surface area contributed by atoms with Gasteiger partial charge in [0.15, 0.2) is 0 Å². The van der Waals surface area contributed by atoms with Crippen molar-refractivity contribution >= 4 is 75.7 Å². The minimum Gasteiger partial charge on any atom is -0.497 e. The highest BCUT2D eigenvalue weighted by molar-refractivity contribution is 7.23. The van der Waals surface area contributed by atoms with E-state index in [1.165, 1.54) is 37.5 Å². The number of hydrogen-bond donors (Lipinski definition) is 7. The number of methoxy groups -OCH3 is 4. The molecule has 0 radical (unpaired) electrons. The Hall–Kier alpha value is -6.73. The van der Waals surface area contributed by atoms with Gasteiger partial charge >= 0.3 is 43.2 Å². The molecule has 0 saturated carbocycles. The molecule has 0 aliphatic rings. The summed E-state index contributed by atoms with van der Waals surface area (Å²) >= 11 is 7.88. The zero-order valence-electron chi connectivity index (χ0n) is 34.7. The second kappa shape index (κ2) is 26.2. The Balaban J connectivity index is 0.000000257. The lowest BCUT2D eigenvalue weighted by Crippen LogP contribution is -2.26. The van der Waals surface area contributed by atoms with Gasteiger partial charge in [-0.3, -0.25) is 0 Å². The molecule has 0 aliphatic heterocycles. The van der Waals surface area contributed by atoms with Gasteiger partial charge in [0.1, 0.15) is 38.0 Å². The van der Waals surface area contributed by atoms with Gasteiger partial charge in [0.25, 0.3) is 0 Å². The first-order valence-electron chi connectivity index (χ1n) is 18.4. The molecule has 18 nitrogen and oxygen atoms in total. The normalized spacial score (nSPS) is 10.3. The van der Waals surface area contributed by atoms with E-state index >= 15 is 0 Å². The molecule has 0 atom stereocenters. The second-order valence-electron chi connectivity index (χ2n) is 12.4. The van der Waals surface area contributed by atoms with E-state index in [0.717, 1.165) is 58.4 Å². The zero-order valence-corrected chi connectivity index (χ0v) is 37.1. The monoisotopic (exact) mass is 964 g/mol. The average molecular weight is 965 g/mol. The molecule has 0 unspecified atom stereocenters. The number of benzene rings is 2. The van der Waals surface area contributed by atoms with Crippen molar-refractivity contribution in [3.63, 3.8) is 0 Å². The van der Waals surface area contributed by atoms with E-state index in [-0.39, 0.29) is 26.6 Å². The second-order valence-corrected chi connectivity index (χ2v) is 15.0. The van der Waals surface area contributed by atoms with E-state index in [1.54, 1.807) is 38.5 Å². The Morgan fingerprint density at radius 2 is 1.09 bits per heavy atom. The third kappa shape index (κ3) is 18.5. The minimum absolute atomic E-state index is 0.105. The van der Waals surface area contributed by atoms with E-state index in [0.29, 0.717) is 29.0 Å². The van der Waals surface area contributed by atoms with Crippen molar-refractivity contribution in [3.8, 4) is 34.1 Å². The maximum Gasteiger partial charge on any atom is 0.499 e. The topological polar surface area (TPSA) is 265 Å². The van der Waals surface area contributed by atoms with Crippen LogP contribution >= 0.6 is 34.3 Å². The Morgan fingerprint density at radius 3 is 1.48 bits per heavy atom. The van der Waals surface area contributed by atoms with Crippen LogP contribution in [-0.4, -0.2) is 118 Å². The smallest absolute Gasteiger partial charge is 0.497 e. The summed E-state index contributed by atoms with van der Waals surface area (Å²) in [6, 6.07) is 25.8. The molecule has 25 heteroatoms. The predicted octanol–water partition coefficient (Wildman–Crippen LogP) is 6.14. The summed E-state index contributed by atoms with van der Waals surface area (Å²) < 4.78 is 52.4. The van der Waals surface area contributed by atoms with E-state index in [4.69, 9.17) is 60.7 Å². The molecule has 4 aromatic heterocycles. The number of rotatable bonds is 16. The Labute approximate surface area is 382 Å². The Bertz CT molecular complexity index is 2450. The standard InChI is InChI=1S/C19H19N3O4S.C14H16ClN3O2.C5H5BO4S.C2HF3O2/c1-25-13-5-3-12(4-6-13)9-10-20-17-11-14(21-19(22-17)26-2)15-7-8-16(27-15)18(23)24;1-19-11-5-3-10(4-6-11)7-8-16-13-9-12(15)17-14(18-13)20-2;7-5(8)3-1-2-4(11-3)6(9)10;3-2(4,5)1(6)7/h3-8,11H,9-10H2,1-2H3,(H,23,24)(H,20,21,22);3-6,9H,7-8H2,1-2H3,(H,16,17,18);1-2,9-10H,(H,7,8);(H,6,7). The number of carbonyl (C=O) groups is 3. The highest BCUT2D eigenvalue weighted by Crippen LogP contribution is 2.29. The van der Waals surface area contributed by atoms with Gasteiger partial charge in [-0.2, -0.15) is 33.1 Å². The average Bonchev–Trinajstić information content (AvgIpc) is 4.00. The van der Waals surface area contributed by atoms with Crippen molar-refractivity contribution < 1.29 is 71.9 Å². The zero-order chi connectivity index (χ0) is 48.1. The number of anilines is 2. The van der Waals surface area contributed by atoms with E-state index in [2.05, 4.69) is 30.6 Å². The lowest BCUT2D eigenvalue weighted by atomic mass is 9.90. The molecule has 2 aromatic carbocycles. The molecule has 4 heterocycles. The molecular weight excluding hydrogens is 924 g/mol. The Morgan fingerprint density at radius 1 is 0.646 bits per heavy atom. The van der Waals surface area contributed by atoms with Crippen LogP contribution < -0.4 is 34.4 Å². The van der Waals surface area contributed by atoms with Crippen LogP contribution in [0.4, 0.5) is 24.8 Å². The lowest BCUT2D eigenvalue weighted by molar-refractivity contribution is -0.192. The maximum absolute atomic E-state index is 11.1. The molecule has 6 aromatic rings. The van der Waals surface area contributed by atoms with Gasteiger partial charge in [0, 0.05) is 30.0 Å². The summed E-state index contributed by atoms with van der Waals surface area (Å²) in [5.74, 6) is -1.81. The van der Waals surface area contributed by atoms with E-state index in [9.17, 15) is 22.8 Å². The van der Waals surface area contributed by atoms with Gasteiger partial charge in [-0.1, -0.05) is 41.9 Å². The highest BCUT2D eigenvalue weighted by atomic mass is 35.5. The number of alkyl halides is 3. The van der Waals surface area contributed by atoms with Gasteiger partial charge < -0.3 is 54.9 Å². The quantitative estimate of drug-likeness (QED) is 0.0424. The maximum atomic E-state index is 11.1. The number of hydrogen-bond acceptors (Lipinski definition) is 17. The molecule has 0 spiro atoms. The van der Waals surface area contributed by atoms with Crippen LogP contribution in [0.2, 0.25) is 5.15 Å². The van der Waals surface area contributed by atoms with Crippen molar-refractivity contribution in [1.82, 2.24) is 19.9 Å². The summed E-state index contributed by atoms with van der Waals surface area (Å²) in [7, 11) is 4.73. The highest BCUT2D eigenvalue weighted by Gasteiger charge is 2.38. The molecule has 0 bridgehead atoms. The fraction of sp³-hybridized carbons (Fsp3) is 0.225. The summed E-state index contributed by atoms with van der Waals surface area (Å²) in [5.41, 5.74) is 3.01. The lowest BCUT2D eigenvalue weighted by Gasteiger charge is -2.09. The largest absolute Gasteiger partial charge is 0.499 e. The molecule has 0 saturated heterocycles. The molecule has 0 fully saturated rings. The summed E-state index contributed by atoms with van der Waals surface area (Å²) in [5, 5.41) is 48.6. The fourth-order valence-corrected chi connectivity index (χ4v) is 6.46. The van der Waals surface area contributed by atoms with Crippen molar-refractivity contribution in [2.24, 2.45) is 0 Å². The van der Waals surface area contributed by atoms with Gasteiger partial charge in [-0.25, -0.2) is 14.4 Å². The number of carboxylic acids is 3. The first-order valence-corrected chi connectivity index (χ1v) is 20.4. The van der Waals surface area contributed by atoms with Crippen molar-refractivity contribution in [2.45, 2.75) is 19.0 Å². The molecule has 0 amide bonds. The first kappa shape index (κ1) is 52.6. The van der Waals surface area contributed by atoms with Gasteiger partial charge in [0.2, 0.25) is 0 Å². The number of nitrogens with one attached hydrogen (secondary N) is 2. The summed E-state index contributed by atoms with van der Waals surface area (Å²) in [4.78, 5) is 48.1. The van der Waals surface area contributed by atoms with Gasteiger partial charge in [-0.15, -0.1) is 22.7 Å². The predicted molar refractivity (Wildman–Crippen MR) is 238 cm³/mol. The number of aliphatic carboxylic acids is 1. The molecular formula is C40H41BClF3N6O12S2.